The van der Waals surface area contributed by atoms with E-state index in [-0.39, 0.29) is 6.04 Å². The zero-order chi connectivity index (χ0) is 13.2. The molecule has 0 aliphatic carbocycles. The summed E-state index contributed by atoms with van der Waals surface area (Å²) in [6.07, 6.45) is 4.81. The molecule has 2 aromatic rings. The summed E-state index contributed by atoms with van der Waals surface area (Å²) < 4.78 is 12.8. The van der Waals surface area contributed by atoms with Crippen LogP contribution in [0.5, 0.6) is 11.5 Å². The normalized spacial score (nSPS) is 17.5. The molecule has 0 saturated heterocycles. The zero-order valence-electron chi connectivity index (χ0n) is 11.1. The van der Waals surface area contributed by atoms with Gasteiger partial charge in [-0.05, 0) is 18.6 Å². The molecule has 0 bridgehead atoms. The molecular weight excluding hydrogens is 242 g/mol. The number of hydrogen-bond donors (Lipinski definition) is 1. The molecule has 1 aliphatic heterocycles. The highest BCUT2D eigenvalue weighted by Gasteiger charge is 2.22. The third kappa shape index (κ3) is 2.12. The van der Waals surface area contributed by atoms with Crippen molar-refractivity contribution < 1.29 is 9.47 Å². The molecule has 19 heavy (non-hydrogen) atoms. The number of imidazole rings is 1. The van der Waals surface area contributed by atoms with Crippen LogP contribution in [0.15, 0.2) is 30.6 Å². The smallest absolute Gasteiger partial charge is 0.203 e. The van der Waals surface area contributed by atoms with Gasteiger partial charge < -0.3 is 19.4 Å². The lowest BCUT2D eigenvalue weighted by Gasteiger charge is -2.27. The predicted molar refractivity (Wildman–Crippen MR) is 72.8 cm³/mol. The van der Waals surface area contributed by atoms with E-state index in [0.717, 1.165) is 36.0 Å². The van der Waals surface area contributed by atoms with E-state index in [1.165, 1.54) is 0 Å². The fraction of sp³-hybridized carbons (Fsp3) is 0.357. The van der Waals surface area contributed by atoms with Crippen molar-refractivity contribution in [1.29, 1.82) is 0 Å². The van der Waals surface area contributed by atoms with Gasteiger partial charge in [-0.1, -0.05) is 0 Å². The van der Waals surface area contributed by atoms with Crippen LogP contribution < -0.4 is 14.8 Å². The predicted octanol–water partition coefficient (Wildman–Crippen LogP) is 2.46. The molecule has 5 nitrogen and oxygen atoms in total. The lowest BCUT2D eigenvalue weighted by Crippen LogP contribution is -2.22. The average molecular weight is 259 g/mol. The van der Waals surface area contributed by atoms with Crippen LogP contribution in [0, 0.1) is 0 Å². The van der Waals surface area contributed by atoms with Gasteiger partial charge in [0.25, 0.3) is 0 Å². The van der Waals surface area contributed by atoms with Crippen molar-refractivity contribution in [2.45, 2.75) is 19.0 Å². The topological polar surface area (TPSA) is 48.3 Å². The molecule has 1 aromatic carbocycles. The monoisotopic (exact) mass is 259 g/mol. The second-order valence-electron chi connectivity index (χ2n) is 4.54. The van der Waals surface area contributed by atoms with E-state index in [2.05, 4.69) is 14.9 Å². The average Bonchev–Trinajstić information content (AvgIpc) is 2.93. The maximum absolute atomic E-state index is 5.46. The van der Waals surface area contributed by atoms with Gasteiger partial charge in [0.15, 0.2) is 0 Å². The largest absolute Gasteiger partial charge is 0.497 e. The van der Waals surface area contributed by atoms with E-state index in [0.29, 0.717) is 0 Å². The molecule has 2 heterocycles. The van der Waals surface area contributed by atoms with Crippen LogP contribution in [-0.2, 0) is 6.54 Å². The highest BCUT2D eigenvalue weighted by Crippen LogP contribution is 2.35. The van der Waals surface area contributed by atoms with Crippen LogP contribution in [0.2, 0.25) is 0 Å². The van der Waals surface area contributed by atoms with Crippen LogP contribution >= 0.6 is 0 Å². The van der Waals surface area contributed by atoms with Crippen molar-refractivity contribution in [3.8, 4) is 11.5 Å². The van der Waals surface area contributed by atoms with E-state index < -0.39 is 0 Å². The fourth-order valence-electron chi connectivity index (χ4n) is 2.47. The SMILES string of the molecule is COc1ccc(C2CCn3ccnc3N2)c(OC)c1. The first kappa shape index (κ1) is 11.9. The molecule has 0 amide bonds. The minimum atomic E-state index is 0.218. The van der Waals surface area contributed by atoms with Gasteiger partial charge in [-0.15, -0.1) is 0 Å². The standard InChI is InChI=1S/C14H17N3O2/c1-18-10-3-4-11(13(9-10)19-2)12-5-7-17-8-6-15-14(17)16-12/h3-4,6,8-9,12H,5,7H2,1-2H3,(H,15,16). The number of methoxy groups -OCH3 is 2. The summed E-state index contributed by atoms with van der Waals surface area (Å²) in [5, 5.41) is 3.44. The van der Waals surface area contributed by atoms with Gasteiger partial charge in [-0.3, -0.25) is 0 Å². The summed E-state index contributed by atoms with van der Waals surface area (Å²) in [6, 6.07) is 6.14. The van der Waals surface area contributed by atoms with Gasteiger partial charge in [-0.25, -0.2) is 4.98 Å². The molecule has 1 unspecified atom stereocenters. The number of aromatic nitrogens is 2. The molecule has 1 N–H and O–H groups in total. The zero-order valence-corrected chi connectivity index (χ0v) is 11.1. The molecule has 1 atom stereocenters. The Bertz CT molecular complexity index is 580. The summed E-state index contributed by atoms with van der Waals surface area (Å²) in [4.78, 5) is 4.31. The second-order valence-corrected chi connectivity index (χ2v) is 4.54. The quantitative estimate of drug-likeness (QED) is 0.919. The lowest BCUT2D eigenvalue weighted by molar-refractivity contribution is 0.386. The molecule has 1 aliphatic rings. The Morgan fingerprint density at radius 1 is 1.32 bits per heavy atom. The molecule has 0 spiro atoms. The van der Waals surface area contributed by atoms with Gasteiger partial charge in [0, 0.05) is 30.6 Å². The van der Waals surface area contributed by atoms with Crippen LogP contribution in [0.3, 0.4) is 0 Å². The van der Waals surface area contributed by atoms with Crippen molar-refractivity contribution >= 4 is 5.95 Å². The summed E-state index contributed by atoms with van der Waals surface area (Å²) in [5.74, 6) is 2.56. The third-order valence-corrected chi connectivity index (χ3v) is 3.49. The van der Waals surface area contributed by atoms with Crippen molar-refractivity contribution in [3.63, 3.8) is 0 Å². The first-order valence-corrected chi connectivity index (χ1v) is 6.31. The van der Waals surface area contributed by atoms with E-state index in [4.69, 9.17) is 9.47 Å². The van der Waals surface area contributed by atoms with E-state index in [9.17, 15) is 0 Å². The van der Waals surface area contributed by atoms with Crippen LogP contribution in [-0.4, -0.2) is 23.8 Å². The maximum atomic E-state index is 5.46. The minimum absolute atomic E-state index is 0.218. The van der Waals surface area contributed by atoms with Gasteiger partial charge >= 0.3 is 0 Å². The Hall–Kier alpha value is -2.17. The Morgan fingerprint density at radius 3 is 3.00 bits per heavy atom. The van der Waals surface area contributed by atoms with E-state index >= 15 is 0 Å². The number of anilines is 1. The van der Waals surface area contributed by atoms with Crippen molar-refractivity contribution in [1.82, 2.24) is 9.55 Å². The molecule has 3 rings (SSSR count). The van der Waals surface area contributed by atoms with Crippen molar-refractivity contribution in [2.24, 2.45) is 0 Å². The van der Waals surface area contributed by atoms with Crippen LogP contribution in [0.1, 0.15) is 18.0 Å². The number of fused-ring (bicyclic) bond motifs is 1. The molecule has 0 radical (unpaired) electrons. The number of hydrogen-bond acceptors (Lipinski definition) is 4. The van der Waals surface area contributed by atoms with Crippen molar-refractivity contribution in [2.75, 3.05) is 19.5 Å². The maximum Gasteiger partial charge on any atom is 0.203 e. The molecule has 5 heteroatoms. The number of aryl methyl sites for hydroxylation is 1. The first-order chi connectivity index (χ1) is 9.31. The summed E-state index contributed by atoms with van der Waals surface area (Å²) >= 11 is 0. The summed E-state index contributed by atoms with van der Waals surface area (Å²) in [5.41, 5.74) is 1.14. The number of benzene rings is 1. The Kier molecular flexibility index (Phi) is 3.03. The molecule has 100 valence electrons. The fourth-order valence-corrected chi connectivity index (χ4v) is 2.47. The number of rotatable bonds is 3. The highest BCUT2D eigenvalue weighted by atomic mass is 16.5. The summed E-state index contributed by atoms with van der Waals surface area (Å²) in [7, 11) is 3.34. The number of nitrogens with zero attached hydrogens (tertiary/aromatic N) is 2. The molecule has 0 fully saturated rings. The van der Waals surface area contributed by atoms with Gasteiger partial charge in [0.1, 0.15) is 11.5 Å². The van der Waals surface area contributed by atoms with Crippen molar-refractivity contribution in [3.05, 3.63) is 36.2 Å². The van der Waals surface area contributed by atoms with Gasteiger partial charge in [0.05, 0.1) is 20.3 Å². The minimum Gasteiger partial charge on any atom is -0.497 e. The Balaban J connectivity index is 1.91. The van der Waals surface area contributed by atoms with E-state index in [1.54, 1.807) is 14.2 Å². The lowest BCUT2D eigenvalue weighted by atomic mass is 10.0. The number of nitrogens with one attached hydrogen (secondary N) is 1. The molecule has 1 aromatic heterocycles. The third-order valence-electron chi connectivity index (χ3n) is 3.49. The van der Waals surface area contributed by atoms with E-state index in [1.807, 2.05) is 30.6 Å². The number of ether oxygens (including phenoxy) is 2. The second kappa shape index (κ2) is 4.84. The summed E-state index contributed by atoms with van der Waals surface area (Å²) in [6.45, 7) is 0.960. The Labute approximate surface area is 112 Å². The Morgan fingerprint density at radius 2 is 2.21 bits per heavy atom. The van der Waals surface area contributed by atoms with Gasteiger partial charge in [0.2, 0.25) is 5.95 Å². The molecular formula is C14H17N3O2. The first-order valence-electron chi connectivity index (χ1n) is 6.31. The highest BCUT2D eigenvalue weighted by molar-refractivity contribution is 5.46. The van der Waals surface area contributed by atoms with Gasteiger partial charge in [-0.2, -0.15) is 0 Å². The van der Waals surface area contributed by atoms with Crippen LogP contribution in [0.4, 0.5) is 5.95 Å². The van der Waals surface area contributed by atoms with Crippen LogP contribution in [0.25, 0.3) is 0 Å². The molecule has 0 saturated carbocycles.